The minimum Gasteiger partial charge on any atom is -0.478 e. The molecule has 1 aromatic rings. The third-order valence-corrected chi connectivity index (χ3v) is 3.80. The molecular formula is C18H28O2. The van der Waals surface area contributed by atoms with Gasteiger partial charge in [-0.15, -0.1) is 0 Å². The van der Waals surface area contributed by atoms with Gasteiger partial charge in [0.2, 0.25) is 0 Å². The van der Waals surface area contributed by atoms with Gasteiger partial charge in [0.25, 0.3) is 0 Å². The SMILES string of the molecule is CCCCCCCCCCCc1ccccc1C(=O)O. The Bertz CT molecular complexity index is 385. The molecule has 1 aromatic carbocycles. The summed E-state index contributed by atoms with van der Waals surface area (Å²) in [5, 5.41) is 9.11. The molecule has 0 aromatic heterocycles. The van der Waals surface area contributed by atoms with Crippen LogP contribution < -0.4 is 0 Å². The molecule has 0 aliphatic rings. The maximum absolute atomic E-state index is 11.1. The highest BCUT2D eigenvalue weighted by molar-refractivity contribution is 5.89. The molecule has 0 aliphatic heterocycles. The van der Waals surface area contributed by atoms with E-state index in [1.807, 2.05) is 12.1 Å². The standard InChI is InChI=1S/C18H28O2/c1-2-3-4-5-6-7-8-9-10-13-16-14-11-12-15-17(16)18(19)20/h11-12,14-15H,2-10,13H2,1H3,(H,19,20). The molecule has 2 nitrogen and oxygen atoms in total. The number of rotatable bonds is 11. The maximum atomic E-state index is 11.1. The van der Waals surface area contributed by atoms with E-state index in [1.54, 1.807) is 12.1 Å². The van der Waals surface area contributed by atoms with Gasteiger partial charge >= 0.3 is 5.97 Å². The third-order valence-electron chi connectivity index (χ3n) is 3.80. The summed E-state index contributed by atoms with van der Waals surface area (Å²) in [6.07, 6.45) is 12.6. The van der Waals surface area contributed by atoms with Crippen molar-refractivity contribution >= 4 is 5.97 Å². The van der Waals surface area contributed by atoms with E-state index < -0.39 is 5.97 Å². The number of aryl methyl sites for hydroxylation is 1. The summed E-state index contributed by atoms with van der Waals surface area (Å²) in [5.74, 6) is -0.809. The molecule has 0 radical (unpaired) electrons. The predicted octanol–water partition coefficient (Wildman–Crippen LogP) is 5.46. The topological polar surface area (TPSA) is 37.3 Å². The van der Waals surface area contributed by atoms with Crippen LogP contribution in [-0.4, -0.2) is 11.1 Å². The van der Waals surface area contributed by atoms with E-state index in [4.69, 9.17) is 5.11 Å². The monoisotopic (exact) mass is 276 g/mol. The van der Waals surface area contributed by atoms with Gasteiger partial charge in [-0.25, -0.2) is 4.79 Å². The summed E-state index contributed by atoms with van der Waals surface area (Å²) >= 11 is 0. The maximum Gasteiger partial charge on any atom is 0.335 e. The molecule has 0 saturated heterocycles. The van der Waals surface area contributed by atoms with E-state index in [0.717, 1.165) is 18.4 Å². The van der Waals surface area contributed by atoms with Crippen molar-refractivity contribution in [2.24, 2.45) is 0 Å². The molecule has 2 heteroatoms. The van der Waals surface area contributed by atoms with Gasteiger partial charge in [0.05, 0.1) is 5.56 Å². The second-order valence-corrected chi connectivity index (χ2v) is 5.54. The highest BCUT2D eigenvalue weighted by Gasteiger charge is 2.07. The third kappa shape index (κ3) is 6.74. The first-order chi connectivity index (χ1) is 9.75. The number of hydrogen-bond acceptors (Lipinski definition) is 1. The predicted molar refractivity (Wildman–Crippen MR) is 84.3 cm³/mol. The fourth-order valence-corrected chi connectivity index (χ4v) is 2.57. The molecule has 0 unspecified atom stereocenters. The van der Waals surface area contributed by atoms with Crippen molar-refractivity contribution in [2.75, 3.05) is 0 Å². The Morgan fingerprint density at radius 3 is 2.05 bits per heavy atom. The van der Waals surface area contributed by atoms with Gasteiger partial charge in [-0.3, -0.25) is 0 Å². The van der Waals surface area contributed by atoms with E-state index in [-0.39, 0.29) is 0 Å². The summed E-state index contributed by atoms with van der Waals surface area (Å²) in [7, 11) is 0. The normalized spacial score (nSPS) is 10.7. The molecule has 0 heterocycles. The number of unbranched alkanes of at least 4 members (excludes halogenated alkanes) is 8. The molecular weight excluding hydrogens is 248 g/mol. The number of carboxylic acid groups (broad SMARTS) is 1. The van der Waals surface area contributed by atoms with E-state index in [9.17, 15) is 4.79 Å². The zero-order valence-electron chi connectivity index (χ0n) is 12.7. The molecule has 0 bridgehead atoms. The molecule has 0 amide bonds. The lowest BCUT2D eigenvalue weighted by atomic mass is 10.0. The lowest BCUT2D eigenvalue weighted by Gasteiger charge is -2.06. The molecule has 0 saturated carbocycles. The van der Waals surface area contributed by atoms with Gasteiger partial charge in [0.1, 0.15) is 0 Å². The molecule has 20 heavy (non-hydrogen) atoms. The van der Waals surface area contributed by atoms with Crippen molar-refractivity contribution in [1.82, 2.24) is 0 Å². The van der Waals surface area contributed by atoms with Gasteiger partial charge in [-0.1, -0.05) is 76.5 Å². The lowest BCUT2D eigenvalue weighted by Crippen LogP contribution is -2.02. The highest BCUT2D eigenvalue weighted by Crippen LogP contribution is 2.14. The Balaban J connectivity index is 2.11. The highest BCUT2D eigenvalue weighted by atomic mass is 16.4. The number of hydrogen-bond donors (Lipinski definition) is 1. The van der Waals surface area contributed by atoms with Crippen LogP contribution in [0.2, 0.25) is 0 Å². The average molecular weight is 276 g/mol. The van der Waals surface area contributed by atoms with Crippen molar-refractivity contribution in [2.45, 2.75) is 71.1 Å². The Labute approximate surface area is 123 Å². The van der Waals surface area contributed by atoms with Crippen molar-refractivity contribution in [3.05, 3.63) is 35.4 Å². The minimum absolute atomic E-state index is 0.465. The molecule has 0 aliphatic carbocycles. The second kappa shape index (κ2) is 10.5. The van der Waals surface area contributed by atoms with Crippen LogP contribution in [0.4, 0.5) is 0 Å². The van der Waals surface area contributed by atoms with Gasteiger partial charge in [0.15, 0.2) is 0 Å². The van der Waals surface area contributed by atoms with Crippen LogP contribution in [0.25, 0.3) is 0 Å². The van der Waals surface area contributed by atoms with Crippen LogP contribution in [-0.2, 0) is 6.42 Å². The fraction of sp³-hybridized carbons (Fsp3) is 0.611. The van der Waals surface area contributed by atoms with E-state index in [0.29, 0.717) is 5.56 Å². The van der Waals surface area contributed by atoms with Gasteiger partial charge in [0, 0.05) is 0 Å². The van der Waals surface area contributed by atoms with Crippen molar-refractivity contribution in [1.29, 1.82) is 0 Å². The smallest absolute Gasteiger partial charge is 0.335 e. The molecule has 0 spiro atoms. The Hall–Kier alpha value is -1.31. The van der Waals surface area contributed by atoms with E-state index in [2.05, 4.69) is 6.92 Å². The average Bonchev–Trinajstić information content (AvgIpc) is 2.46. The fourth-order valence-electron chi connectivity index (χ4n) is 2.57. The number of benzene rings is 1. The number of carboxylic acids is 1. The molecule has 112 valence electrons. The molecule has 0 fully saturated rings. The number of aromatic carboxylic acids is 1. The van der Waals surface area contributed by atoms with Crippen LogP contribution in [0.15, 0.2) is 24.3 Å². The van der Waals surface area contributed by atoms with Gasteiger partial charge in [-0.2, -0.15) is 0 Å². The minimum atomic E-state index is -0.809. The summed E-state index contributed by atoms with van der Waals surface area (Å²) in [6, 6.07) is 7.36. The zero-order valence-corrected chi connectivity index (χ0v) is 12.7. The zero-order chi connectivity index (χ0) is 14.6. The first-order valence-corrected chi connectivity index (χ1v) is 8.07. The van der Waals surface area contributed by atoms with Crippen LogP contribution in [0, 0.1) is 0 Å². The number of carbonyl (C=O) groups is 1. The van der Waals surface area contributed by atoms with Crippen LogP contribution in [0.1, 0.15) is 80.6 Å². The van der Waals surface area contributed by atoms with Crippen LogP contribution >= 0.6 is 0 Å². The van der Waals surface area contributed by atoms with E-state index >= 15 is 0 Å². The van der Waals surface area contributed by atoms with Crippen molar-refractivity contribution in [3.8, 4) is 0 Å². The first kappa shape index (κ1) is 16.7. The summed E-state index contributed by atoms with van der Waals surface area (Å²) in [4.78, 5) is 11.1. The second-order valence-electron chi connectivity index (χ2n) is 5.54. The van der Waals surface area contributed by atoms with E-state index in [1.165, 1.54) is 51.4 Å². The summed E-state index contributed by atoms with van der Waals surface area (Å²) in [5.41, 5.74) is 1.44. The first-order valence-electron chi connectivity index (χ1n) is 8.07. The molecule has 1 N–H and O–H groups in total. The molecule has 1 rings (SSSR count). The molecule has 0 atom stereocenters. The quantitative estimate of drug-likeness (QED) is 0.545. The van der Waals surface area contributed by atoms with Crippen LogP contribution in [0.5, 0.6) is 0 Å². The van der Waals surface area contributed by atoms with Crippen LogP contribution in [0.3, 0.4) is 0 Å². The summed E-state index contributed by atoms with van der Waals surface area (Å²) in [6.45, 7) is 2.25. The Morgan fingerprint density at radius 1 is 0.900 bits per heavy atom. The Kier molecular flexibility index (Phi) is 8.77. The van der Waals surface area contributed by atoms with Gasteiger partial charge in [-0.05, 0) is 24.5 Å². The Morgan fingerprint density at radius 2 is 1.45 bits per heavy atom. The van der Waals surface area contributed by atoms with Crippen molar-refractivity contribution in [3.63, 3.8) is 0 Å². The lowest BCUT2D eigenvalue weighted by molar-refractivity contribution is 0.0695. The van der Waals surface area contributed by atoms with Crippen molar-refractivity contribution < 1.29 is 9.90 Å². The van der Waals surface area contributed by atoms with Gasteiger partial charge < -0.3 is 5.11 Å². The largest absolute Gasteiger partial charge is 0.478 e. The summed E-state index contributed by atoms with van der Waals surface area (Å²) < 4.78 is 0.